The minimum Gasteiger partial charge on any atom is -0.494 e. The Labute approximate surface area is 165 Å². The van der Waals surface area contributed by atoms with Gasteiger partial charge in [0.2, 0.25) is 0 Å². The monoisotopic (exact) mass is 380 g/mol. The summed E-state index contributed by atoms with van der Waals surface area (Å²) in [6.45, 7) is 6.74. The summed E-state index contributed by atoms with van der Waals surface area (Å²) in [6.07, 6.45) is 6.25. The van der Waals surface area contributed by atoms with Crippen LogP contribution in [0.15, 0.2) is 41.1 Å². The van der Waals surface area contributed by atoms with E-state index in [4.69, 9.17) is 9.26 Å². The average molecular weight is 380 g/mol. The van der Waals surface area contributed by atoms with Crippen molar-refractivity contribution >= 4 is 0 Å². The lowest BCUT2D eigenvalue weighted by atomic mass is 10.1. The molecule has 2 aromatic heterocycles. The Morgan fingerprint density at radius 2 is 2.11 bits per heavy atom. The number of nitrogens with one attached hydrogen (secondary N) is 1. The van der Waals surface area contributed by atoms with Gasteiger partial charge in [0.25, 0.3) is 0 Å². The van der Waals surface area contributed by atoms with Crippen molar-refractivity contribution in [3.05, 3.63) is 53.5 Å². The lowest BCUT2D eigenvalue weighted by molar-refractivity contribution is 0.236. The standard InChI is InChI=1S/C22H28N4O2/c1-3-6-19-13-20(25-28-19)21-7-5-12-26(21)15-17-14-23-24-22(17)16-8-10-18(11-9-16)27-4-2/h8-11,13-14,21H,3-7,12,15H2,1-2H3,(H,23,24)/t21-/m0/s1. The van der Waals surface area contributed by atoms with E-state index < -0.39 is 0 Å². The van der Waals surface area contributed by atoms with Gasteiger partial charge in [-0.2, -0.15) is 5.10 Å². The van der Waals surface area contributed by atoms with Crippen molar-refractivity contribution in [1.29, 1.82) is 0 Å². The van der Waals surface area contributed by atoms with Crippen LogP contribution in [-0.4, -0.2) is 33.4 Å². The number of hydrogen-bond donors (Lipinski definition) is 1. The van der Waals surface area contributed by atoms with Crippen molar-refractivity contribution in [2.45, 2.75) is 52.1 Å². The molecule has 0 amide bonds. The van der Waals surface area contributed by atoms with E-state index in [1.807, 2.05) is 25.3 Å². The topological polar surface area (TPSA) is 67.2 Å². The number of ether oxygens (including phenoxy) is 1. The van der Waals surface area contributed by atoms with Gasteiger partial charge in [0, 0.05) is 30.2 Å². The predicted molar refractivity (Wildman–Crippen MR) is 108 cm³/mol. The van der Waals surface area contributed by atoms with Crippen molar-refractivity contribution in [3.8, 4) is 17.0 Å². The third-order valence-electron chi connectivity index (χ3n) is 5.32. The molecule has 1 aliphatic rings. The van der Waals surface area contributed by atoms with Crippen LogP contribution in [0.2, 0.25) is 0 Å². The zero-order valence-corrected chi connectivity index (χ0v) is 16.6. The van der Waals surface area contributed by atoms with Gasteiger partial charge in [-0.1, -0.05) is 12.1 Å². The van der Waals surface area contributed by atoms with Gasteiger partial charge < -0.3 is 9.26 Å². The molecule has 1 aliphatic heterocycles. The molecular formula is C22H28N4O2. The van der Waals surface area contributed by atoms with Gasteiger partial charge >= 0.3 is 0 Å². The molecule has 28 heavy (non-hydrogen) atoms. The molecule has 3 heterocycles. The molecule has 0 saturated carbocycles. The van der Waals surface area contributed by atoms with Crippen LogP contribution < -0.4 is 4.74 Å². The Kier molecular flexibility index (Phi) is 5.76. The van der Waals surface area contributed by atoms with Crippen LogP contribution in [0, 0.1) is 0 Å². The Balaban J connectivity index is 1.50. The summed E-state index contributed by atoms with van der Waals surface area (Å²) in [6, 6.07) is 10.6. The number of aryl methyl sites for hydroxylation is 1. The normalized spacial score (nSPS) is 17.3. The molecule has 0 radical (unpaired) electrons. The highest BCUT2D eigenvalue weighted by Crippen LogP contribution is 2.34. The van der Waals surface area contributed by atoms with E-state index in [2.05, 4.69) is 45.4 Å². The molecule has 0 aliphatic carbocycles. The van der Waals surface area contributed by atoms with Crippen molar-refractivity contribution in [2.24, 2.45) is 0 Å². The van der Waals surface area contributed by atoms with Crippen molar-refractivity contribution < 1.29 is 9.26 Å². The fourth-order valence-corrected chi connectivity index (χ4v) is 3.98. The first kappa shape index (κ1) is 18.7. The Morgan fingerprint density at radius 1 is 1.25 bits per heavy atom. The van der Waals surface area contributed by atoms with Crippen molar-refractivity contribution in [3.63, 3.8) is 0 Å². The molecule has 1 N–H and O–H groups in total. The van der Waals surface area contributed by atoms with E-state index in [-0.39, 0.29) is 0 Å². The maximum atomic E-state index is 5.55. The number of aromatic nitrogens is 3. The van der Waals surface area contributed by atoms with Gasteiger partial charge in [-0.3, -0.25) is 10.00 Å². The summed E-state index contributed by atoms with van der Waals surface area (Å²) in [5.74, 6) is 1.88. The SMILES string of the molecule is CCCc1cc([C@@H]2CCCN2Cc2cn[nH]c2-c2ccc(OCC)cc2)no1. The molecule has 0 spiro atoms. The molecule has 6 nitrogen and oxygen atoms in total. The second-order valence-corrected chi connectivity index (χ2v) is 7.32. The van der Waals surface area contributed by atoms with Gasteiger partial charge in [0.05, 0.1) is 24.5 Å². The Morgan fingerprint density at radius 3 is 2.89 bits per heavy atom. The van der Waals surface area contributed by atoms with Gasteiger partial charge in [-0.25, -0.2) is 0 Å². The molecule has 0 unspecified atom stereocenters. The molecule has 0 bridgehead atoms. The number of aromatic amines is 1. The highest BCUT2D eigenvalue weighted by molar-refractivity contribution is 5.63. The first-order valence-electron chi connectivity index (χ1n) is 10.2. The average Bonchev–Trinajstić information content (AvgIpc) is 3.44. The van der Waals surface area contributed by atoms with Crippen LogP contribution in [0.25, 0.3) is 11.3 Å². The number of hydrogen-bond acceptors (Lipinski definition) is 5. The van der Waals surface area contributed by atoms with E-state index in [0.717, 1.165) is 60.8 Å². The highest BCUT2D eigenvalue weighted by Gasteiger charge is 2.29. The predicted octanol–water partition coefficient (Wildman–Crippen LogP) is 4.75. The van der Waals surface area contributed by atoms with E-state index in [0.29, 0.717) is 12.6 Å². The molecule has 6 heteroatoms. The third kappa shape index (κ3) is 3.97. The fraction of sp³-hybridized carbons (Fsp3) is 0.455. The first-order valence-corrected chi connectivity index (χ1v) is 10.2. The lowest BCUT2D eigenvalue weighted by Gasteiger charge is -2.22. The van der Waals surface area contributed by atoms with Gasteiger partial charge in [0.15, 0.2) is 0 Å². The van der Waals surface area contributed by atoms with E-state index in [1.54, 1.807) is 0 Å². The van der Waals surface area contributed by atoms with Crippen LogP contribution in [0.3, 0.4) is 0 Å². The second kappa shape index (κ2) is 8.61. The minimum atomic E-state index is 0.317. The lowest BCUT2D eigenvalue weighted by Crippen LogP contribution is -2.23. The Hall–Kier alpha value is -2.60. The van der Waals surface area contributed by atoms with Crippen molar-refractivity contribution in [1.82, 2.24) is 20.3 Å². The zero-order chi connectivity index (χ0) is 19.3. The maximum Gasteiger partial charge on any atom is 0.137 e. The fourth-order valence-electron chi connectivity index (χ4n) is 3.98. The quantitative estimate of drug-likeness (QED) is 0.611. The molecule has 148 valence electrons. The van der Waals surface area contributed by atoms with E-state index in [9.17, 15) is 0 Å². The van der Waals surface area contributed by atoms with E-state index in [1.165, 1.54) is 12.0 Å². The van der Waals surface area contributed by atoms with Gasteiger partial charge in [0.1, 0.15) is 17.2 Å². The smallest absolute Gasteiger partial charge is 0.137 e. The molecular weight excluding hydrogens is 352 g/mol. The molecule has 1 atom stereocenters. The van der Waals surface area contributed by atoms with Crippen LogP contribution in [0.4, 0.5) is 0 Å². The third-order valence-corrected chi connectivity index (χ3v) is 5.32. The maximum absolute atomic E-state index is 5.55. The highest BCUT2D eigenvalue weighted by atomic mass is 16.5. The summed E-state index contributed by atoms with van der Waals surface area (Å²) < 4.78 is 11.1. The summed E-state index contributed by atoms with van der Waals surface area (Å²) in [7, 11) is 0. The Bertz CT molecular complexity index is 884. The van der Waals surface area contributed by atoms with Gasteiger partial charge in [-0.15, -0.1) is 0 Å². The van der Waals surface area contributed by atoms with Crippen LogP contribution in [0.1, 0.15) is 56.2 Å². The van der Waals surface area contributed by atoms with Gasteiger partial charge in [-0.05, 0) is 57.0 Å². The summed E-state index contributed by atoms with van der Waals surface area (Å²) in [5.41, 5.74) is 4.46. The summed E-state index contributed by atoms with van der Waals surface area (Å²) in [4.78, 5) is 2.48. The number of likely N-dealkylation sites (tertiary alicyclic amines) is 1. The number of nitrogens with zero attached hydrogens (tertiary/aromatic N) is 3. The largest absolute Gasteiger partial charge is 0.494 e. The number of benzene rings is 1. The molecule has 3 aromatic rings. The summed E-state index contributed by atoms with van der Waals surface area (Å²) >= 11 is 0. The molecule has 1 fully saturated rings. The number of rotatable bonds is 8. The summed E-state index contributed by atoms with van der Waals surface area (Å²) in [5, 5.41) is 11.8. The zero-order valence-electron chi connectivity index (χ0n) is 16.6. The molecule has 4 rings (SSSR count). The van der Waals surface area contributed by atoms with Crippen LogP contribution in [0.5, 0.6) is 5.75 Å². The van der Waals surface area contributed by atoms with E-state index >= 15 is 0 Å². The first-order chi connectivity index (χ1) is 13.8. The second-order valence-electron chi connectivity index (χ2n) is 7.32. The minimum absolute atomic E-state index is 0.317. The molecule has 1 aromatic carbocycles. The molecule has 1 saturated heterocycles. The number of H-pyrrole nitrogens is 1. The van der Waals surface area contributed by atoms with Crippen LogP contribution in [-0.2, 0) is 13.0 Å². The van der Waals surface area contributed by atoms with Crippen LogP contribution >= 0.6 is 0 Å². The van der Waals surface area contributed by atoms with Crippen molar-refractivity contribution in [2.75, 3.05) is 13.2 Å².